The molecule has 1 aliphatic heterocycles. The van der Waals surface area contributed by atoms with Crippen molar-refractivity contribution in [3.8, 4) is 0 Å². The lowest BCUT2D eigenvalue weighted by molar-refractivity contribution is 0.238. The predicted octanol–water partition coefficient (Wildman–Crippen LogP) is 3.32. The smallest absolute Gasteiger partial charge is 0.149 e. The van der Waals surface area contributed by atoms with E-state index >= 15 is 0 Å². The van der Waals surface area contributed by atoms with Gasteiger partial charge in [-0.05, 0) is 24.7 Å². The maximum atomic E-state index is 4.66. The first-order chi connectivity index (χ1) is 9.17. The molecule has 0 aliphatic carbocycles. The summed E-state index contributed by atoms with van der Waals surface area (Å²) >= 11 is 0. The van der Waals surface area contributed by atoms with Crippen LogP contribution in [0.15, 0.2) is 12.4 Å². The second kappa shape index (κ2) is 6.22. The minimum absolute atomic E-state index is 0.516. The van der Waals surface area contributed by atoms with Crippen molar-refractivity contribution in [1.29, 1.82) is 0 Å². The monoisotopic (exact) mass is 262 g/mol. The van der Waals surface area contributed by atoms with Crippen LogP contribution >= 0.6 is 0 Å². The summed E-state index contributed by atoms with van der Waals surface area (Å²) in [5.74, 6) is 1.91. The van der Waals surface area contributed by atoms with Crippen LogP contribution in [0.1, 0.15) is 46.5 Å². The summed E-state index contributed by atoms with van der Waals surface area (Å²) in [5, 5.41) is 3.30. The molecule has 0 unspecified atom stereocenters. The quantitative estimate of drug-likeness (QED) is 0.884. The lowest BCUT2D eigenvalue weighted by atomic mass is 9.78. The van der Waals surface area contributed by atoms with E-state index in [-0.39, 0.29) is 0 Å². The summed E-state index contributed by atoms with van der Waals surface area (Å²) < 4.78 is 0. The summed E-state index contributed by atoms with van der Waals surface area (Å²) in [7, 11) is 0. The summed E-state index contributed by atoms with van der Waals surface area (Å²) in [5.41, 5.74) is 0.516. The van der Waals surface area contributed by atoms with Crippen molar-refractivity contribution in [2.75, 3.05) is 29.9 Å². The van der Waals surface area contributed by atoms with Crippen molar-refractivity contribution in [2.45, 2.75) is 46.5 Å². The number of hydrogen-bond donors (Lipinski definition) is 1. The fraction of sp³-hybridized carbons (Fsp3) is 0.733. The van der Waals surface area contributed by atoms with Gasteiger partial charge in [-0.2, -0.15) is 0 Å². The van der Waals surface area contributed by atoms with Crippen molar-refractivity contribution in [3.63, 3.8) is 0 Å². The van der Waals surface area contributed by atoms with E-state index in [0.29, 0.717) is 5.41 Å². The standard InChI is InChI=1S/C15H26N4/c1-4-8-17-13-11-16-12-14(18-13)19-9-6-15(3,5-2)7-10-19/h11-12H,4-10H2,1-3H3,(H,17,18). The van der Waals surface area contributed by atoms with Gasteiger partial charge in [0.25, 0.3) is 0 Å². The molecule has 1 saturated heterocycles. The third kappa shape index (κ3) is 3.58. The van der Waals surface area contributed by atoms with E-state index in [1.165, 1.54) is 19.3 Å². The SMILES string of the molecule is CCCNc1cncc(N2CCC(C)(CC)CC2)n1. The molecule has 19 heavy (non-hydrogen) atoms. The van der Waals surface area contributed by atoms with E-state index in [0.717, 1.165) is 37.7 Å². The number of hydrogen-bond acceptors (Lipinski definition) is 4. The van der Waals surface area contributed by atoms with Gasteiger partial charge >= 0.3 is 0 Å². The average molecular weight is 262 g/mol. The van der Waals surface area contributed by atoms with Gasteiger partial charge in [-0.15, -0.1) is 0 Å². The van der Waals surface area contributed by atoms with Crippen LogP contribution in [0.4, 0.5) is 11.6 Å². The molecule has 4 heteroatoms. The Morgan fingerprint density at radius 1 is 1.26 bits per heavy atom. The first-order valence-corrected chi connectivity index (χ1v) is 7.48. The fourth-order valence-corrected chi connectivity index (χ4v) is 2.48. The lowest BCUT2D eigenvalue weighted by Crippen LogP contribution is -2.38. The van der Waals surface area contributed by atoms with E-state index < -0.39 is 0 Å². The van der Waals surface area contributed by atoms with Crippen molar-refractivity contribution in [2.24, 2.45) is 5.41 Å². The highest BCUT2D eigenvalue weighted by atomic mass is 15.2. The molecular formula is C15H26N4. The second-order valence-electron chi connectivity index (χ2n) is 5.84. The Bertz CT molecular complexity index is 397. The van der Waals surface area contributed by atoms with E-state index in [1.54, 1.807) is 6.20 Å². The van der Waals surface area contributed by atoms with Crippen LogP contribution in [0.25, 0.3) is 0 Å². The minimum Gasteiger partial charge on any atom is -0.369 e. The summed E-state index contributed by atoms with van der Waals surface area (Å²) in [6.07, 6.45) is 8.55. The molecule has 1 N–H and O–H groups in total. The largest absolute Gasteiger partial charge is 0.369 e. The molecule has 0 saturated carbocycles. The average Bonchev–Trinajstić information content (AvgIpc) is 2.46. The minimum atomic E-state index is 0.516. The van der Waals surface area contributed by atoms with Crippen LogP contribution in [0.2, 0.25) is 0 Å². The molecule has 1 aromatic rings. The molecular weight excluding hydrogens is 236 g/mol. The maximum Gasteiger partial charge on any atom is 0.149 e. The van der Waals surface area contributed by atoms with Gasteiger partial charge in [-0.3, -0.25) is 4.98 Å². The number of piperidine rings is 1. The van der Waals surface area contributed by atoms with Crippen molar-refractivity contribution in [3.05, 3.63) is 12.4 Å². The molecule has 0 aromatic carbocycles. The van der Waals surface area contributed by atoms with Gasteiger partial charge in [-0.25, -0.2) is 4.98 Å². The molecule has 1 fully saturated rings. The Morgan fingerprint density at radius 3 is 2.63 bits per heavy atom. The van der Waals surface area contributed by atoms with Gasteiger partial charge in [0.2, 0.25) is 0 Å². The summed E-state index contributed by atoms with van der Waals surface area (Å²) in [4.78, 5) is 11.3. The molecule has 4 nitrogen and oxygen atoms in total. The predicted molar refractivity (Wildman–Crippen MR) is 80.7 cm³/mol. The van der Waals surface area contributed by atoms with Crippen LogP contribution in [-0.4, -0.2) is 29.6 Å². The van der Waals surface area contributed by atoms with Gasteiger partial charge in [-0.1, -0.05) is 27.2 Å². The number of aromatic nitrogens is 2. The Labute approximate surface area is 116 Å². The van der Waals surface area contributed by atoms with Crippen molar-refractivity contribution < 1.29 is 0 Å². The molecule has 0 atom stereocenters. The molecule has 2 rings (SSSR count). The topological polar surface area (TPSA) is 41.1 Å². The Kier molecular flexibility index (Phi) is 4.61. The van der Waals surface area contributed by atoms with E-state index in [1.807, 2.05) is 6.20 Å². The number of nitrogens with zero attached hydrogens (tertiary/aromatic N) is 3. The highest BCUT2D eigenvalue weighted by Crippen LogP contribution is 2.35. The number of nitrogens with one attached hydrogen (secondary N) is 1. The number of anilines is 2. The van der Waals surface area contributed by atoms with Gasteiger partial charge in [0.1, 0.15) is 11.6 Å². The zero-order valence-corrected chi connectivity index (χ0v) is 12.4. The second-order valence-corrected chi connectivity index (χ2v) is 5.84. The van der Waals surface area contributed by atoms with E-state index in [9.17, 15) is 0 Å². The van der Waals surface area contributed by atoms with E-state index in [2.05, 4.69) is 41.0 Å². The Balaban J connectivity index is 1.99. The normalized spacial score (nSPS) is 18.4. The highest BCUT2D eigenvalue weighted by Gasteiger charge is 2.28. The van der Waals surface area contributed by atoms with Crippen molar-refractivity contribution in [1.82, 2.24) is 9.97 Å². The van der Waals surface area contributed by atoms with Crippen LogP contribution < -0.4 is 10.2 Å². The maximum absolute atomic E-state index is 4.66. The third-order valence-electron chi connectivity index (χ3n) is 4.33. The van der Waals surface area contributed by atoms with Crippen molar-refractivity contribution >= 4 is 11.6 Å². The molecule has 1 aromatic heterocycles. The van der Waals surface area contributed by atoms with Crippen LogP contribution in [0.5, 0.6) is 0 Å². The first kappa shape index (κ1) is 14.1. The molecule has 0 radical (unpaired) electrons. The van der Waals surface area contributed by atoms with Crippen LogP contribution in [0.3, 0.4) is 0 Å². The Morgan fingerprint density at radius 2 is 2.00 bits per heavy atom. The molecule has 2 heterocycles. The Hall–Kier alpha value is -1.32. The zero-order valence-electron chi connectivity index (χ0n) is 12.4. The summed E-state index contributed by atoms with van der Waals surface area (Å²) in [6.45, 7) is 9.99. The molecule has 0 amide bonds. The van der Waals surface area contributed by atoms with Gasteiger partial charge < -0.3 is 10.2 Å². The number of rotatable bonds is 5. The van der Waals surface area contributed by atoms with Gasteiger partial charge in [0, 0.05) is 19.6 Å². The van der Waals surface area contributed by atoms with Gasteiger partial charge in [0.05, 0.1) is 12.4 Å². The molecule has 0 spiro atoms. The van der Waals surface area contributed by atoms with Crippen LogP contribution in [0, 0.1) is 5.41 Å². The lowest BCUT2D eigenvalue weighted by Gasteiger charge is -2.39. The highest BCUT2D eigenvalue weighted by molar-refractivity contribution is 5.44. The fourth-order valence-electron chi connectivity index (χ4n) is 2.48. The van der Waals surface area contributed by atoms with Gasteiger partial charge in [0.15, 0.2) is 0 Å². The van der Waals surface area contributed by atoms with E-state index in [4.69, 9.17) is 0 Å². The molecule has 106 valence electrons. The first-order valence-electron chi connectivity index (χ1n) is 7.48. The third-order valence-corrected chi connectivity index (χ3v) is 4.33. The summed E-state index contributed by atoms with van der Waals surface area (Å²) in [6, 6.07) is 0. The van der Waals surface area contributed by atoms with Crippen LogP contribution in [-0.2, 0) is 0 Å². The zero-order chi connectivity index (χ0) is 13.7. The molecule has 0 bridgehead atoms. The molecule has 1 aliphatic rings.